The van der Waals surface area contributed by atoms with Gasteiger partial charge in [0, 0.05) is 26.2 Å². The Balaban J connectivity index is 0.00000180. The molecule has 0 spiro atoms. The van der Waals surface area contributed by atoms with Crippen molar-refractivity contribution in [1.29, 1.82) is 0 Å². The predicted molar refractivity (Wildman–Crippen MR) is 80.9 cm³/mol. The molecule has 4 heteroatoms. The van der Waals surface area contributed by atoms with E-state index in [0.717, 1.165) is 31.7 Å². The molecule has 0 aliphatic carbocycles. The van der Waals surface area contributed by atoms with E-state index in [1.165, 1.54) is 5.56 Å². The number of rotatable bonds is 4. The topological polar surface area (TPSA) is 15.3 Å². The van der Waals surface area contributed by atoms with E-state index in [2.05, 4.69) is 48.3 Å². The summed E-state index contributed by atoms with van der Waals surface area (Å²) in [6.45, 7) is 7.83. The SMILES string of the molecule is CC(C)c1cccc([C@@H](CF)N2CCNCC2)c1.Cl. The summed E-state index contributed by atoms with van der Waals surface area (Å²) in [5.41, 5.74) is 2.41. The number of piperazine rings is 1. The van der Waals surface area contributed by atoms with Gasteiger partial charge >= 0.3 is 0 Å². The molecule has 1 aromatic carbocycles. The summed E-state index contributed by atoms with van der Waals surface area (Å²) in [6.07, 6.45) is 0. The van der Waals surface area contributed by atoms with Crippen LogP contribution in [0.5, 0.6) is 0 Å². The van der Waals surface area contributed by atoms with Crippen LogP contribution in [0.3, 0.4) is 0 Å². The van der Waals surface area contributed by atoms with E-state index in [-0.39, 0.29) is 25.1 Å². The van der Waals surface area contributed by atoms with Crippen LogP contribution in [0.1, 0.15) is 36.9 Å². The smallest absolute Gasteiger partial charge is 0.109 e. The summed E-state index contributed by atoms with van der Waals surface area (Å²) in [5.74, 6) is 0.494. The monoisotopic (exact) mass is 286 g/mol. The molecule has 19 heavy (non-hydrogen) atoms. The minimum atomic E-state index is -0.304. The van der Waals surface area contributed by atoms with Gasteiger partial charge in [-0.25, -0.2) is 4.39 Å². The molecule has 1 heterocycles. The first-order valence-corrected chi connectivity index (χ1v) is 6.83. The molecule has 1 saturated heterocycles. The minimum absolute atomic E-state index is 0. The van der Waals surface area contributed by atoms with Crippen molar-refractivity contribution in [3.63, 3.8) is 0 Å². The van der Waals surface area contributed by atoms with Crippen molar-refractivity contribution in [2.24, 2.45) is 0 Å². The highest BCUT2D eigenvalue weighted by atomic mass is 35.5. The van der Waals surface area contributed by atoms with Crippen molar-refractivity contribution in [3.05, 3.63) is 35.4 Å². The number of benzene rings is 1. The lowest BCUT2D eigenvalue weighted by Gasteiger charge is -2.33. The van der Waals surface area contributed by atoms with Gasteiger partial charge in [-0.2, -0.15) is 0 Å². The molecule has 1 aromatic rings. The molecule has 108 valence electrons. The summed E-state index contributed by atoms with van der Waals surface area (Å²) in [6, 6.07) is 8.32. The number of nitrogens with one attached hydrogen (secondary N) is 1. The fraction of sp³-hybridized carbons (Fsp3) is 0.600. The van der Waals surface area contributed by atoms with Crippen LogP contribution in [-0.4, -0.2) is 37.8 Å². The van der Waals surface area contributed by atoms with Gasteiger partial charge in [-0.3, -0.25) is 4.90 Å². The largest absolute Gasteiger partial charge is 0.314 e. The average molecular weight is 287 g/mol. The van der Waals surface area contributed by atoms with E-state index in [1.54, 1.807) is 0 Å². The molecule has 1 atom stereocenters. The Morgan fingerprint density at radius 3 is 2.42 bits per heavy atom. The minimum Gasteiger partial charge on any atom is -0.314 e. The van der Waals surface area contributed by atoms with Gasteiger partial charge in [0.2, 0.25) is 0 Å². The second kappa shape index (κ2) is 7.83. The molecule has 2 nitrogen and oxygen atoms in total. The van der Waals surface area contributed by atoms with E-state index in [9.17, 15) is 4.39 Å². The quantitative estimate of drug-likeness (QED) is 0.915. The van der Waals surface area contributed by atoms with Gasteiger partial charge in [0.1, 0.15) is 6.67 Å². The predicted octanol–water partition coefficient (Wildman–Crippen LogP) is 3.15. The molecule has 0 bridgehead atoms. The second-order valence-corrected chi connectivity index (χ2v) is 5.28. The Bertz CT molecular complexity index is 378. The van der Waals surface area contributed by atoms with Gasteiger partial charge in [-0.05, 0) is 17.0 Å². The van der Waals surface area contributed by atoms with Crippen LogP contribution < -0.4 is 5.32 Å². The highest BCUT2D eigenvalue weighted by molar-refractivity contribution is 5.85. The van der Waals surface area contributed by atoms with Gasteiger partial charge in [-0.1, -0.05) is 38.1 Å². The number of hydrogen-bond acceptors (Lipinski definition) is 2. The standard InChI is InChI=1S/C15H23FN2.ClH/c1-12(2)13-4-3-5-14(10-13)15(11-16)18-8-6-17-7-9-18;/h3-5,10,12,15,17H,6-9,11H2,1-2H3;1H/t15-;/m1./s1. The number of alkyl halides is 1. The van der Waals surface area contributed by atoms with Crippen LogP contribution in [-0.2, 0) is 0 Å². The van der Waals surface area contributed by atoms with E-state index < -0.39 is 0 Å². The Kier molecular flexibility index (Phi) is 6.76. The third-order valence-electron chi connectivity index (χ3n) is 3.70. The van der Waals surface area contributed by atoms with Crippen molar-refractivity contribution in [3.8, 4) is 0 Å². The van der Waals surface area contributed by atoms with Gasteiger partial charge < -0.3 is 5.32 Å². The highest BCUT2D eigenvalue weighted by Crippen LogP contribution is 2.25. The number of halogens is 2. The Morgan fingerprint density at radius 2 is 1.84 bits per heavy atom. The molecule has 0 saturated carbocycles. The first-order valence-electron chi connectivity index (χ1n) is 6.83. The van der Waals surface area contributed by atoms with Gasteiger partial charge in [0.05, 0.1) is 6.04 Å². The molecule has 0 unspecified atom stereocenters. The number of hydrogen-bond donors (Lipinski definition) is 1. The maximum Gasteiger partial charge on any atom is 0.109 e. The van der Waals surface area contributed by atoms with Crippen LogP contribution >= 0.6 is 12.4 Å². The second-order valence-electron chi connectivity index (χ2n) is 5.28. The molecule has 2 rings (SSSR count). The fourth-order valence-corrected chi connectivity index (χ4v) is 2.52. The molecule has 0 aromatic heterocycles. The molecule has 1 aliphatic rings. The number of nitrogens with zero attached hydrogens (tertiary/aromatic N) is 1. The van der Waals surface area contributed by atoms with Gasteiger partial charge in [0.25, 0.3) is 0 Å². The lowest BCUT2D eigenvalue weighted by Crippen LogP contribution is -2.45. The van der Waals surface area contributed by atoms with E-state index in [4.69, 9.17) is 0 Å². The molecular formula is C15H24ClFN2. The van der Waals surface area contributed by atoms with Crippen LogP contribution in [0, 0.1) is 0 Å². The normalized spacial score (nSPS) is 18.1. The Morgan fingerprint density at radius 1 is 1.21 bits per heavy atom. The van der Waals surface area contributed by atoms with Crippen LogP contribution in [0.15, 0.2) is 24.3 Å². The highest BCUT2D eigenvalue weighted by Gasteiger charge is 2.22. The summed E-state index contributed by atoms with van der Waals surface area (Å²) >= 11 is 0. The van der Waals surface area contributed by atoms with Crippen molar-refractivity contribution in [2.45, 2.75) is 25.8 Å². The van der Waals surface area contributed by atoms with Crippen molar-refractivity contribution >= 4 is 12.4 Å². The zero-order valence-corrected chi connectivity index (χ0v) is 12.5. The first kappa shape index (κ1) is 16.4. The summed E-state index contributed by atoms with van der Waals surface area (Å²) in [4.78, 5) is 2.25. The fourth-order valence-electron chi connectivity index (χ4n) is 2.52. The van der Waals surface area contributed by atoms with Gasteiger partial charge in [0.15, 0.2) is 0 Å². The lowest BCUT2D eigenvalue weighted by molar-refractivity contribution is 0.147. The van der Waals surface area contributed by atoms with Gasteiger partial charge in [-0.15, -0.1) is 12.4 Å². The molecule has 0 amide bonds. The Hall–Kier alpha value is -0.640. The summed E-state index contributed by atoms with van der Waals surface area (Å²) in [7, 11) is 0. The third-order valence-corrected chi connectivity index (χ3v) is 3.70. The molecule has 1 fully saturated rings. The molecule has 1 N–H and O–H groups in total. The molecular weight excluding hydrogens is 263 g/mol. The lowest BCUT2D eigenvalue weighted by atomic mass is 9.97. The summed E-state index contributed by atoms with van der Waals surface area (Å²) in [5, 5.41) is 3.31. The van der Waals surface area contributed by atoms with Crippen LogP contribution in [0.2, 0.25) is 0 Å². The molecule has 0 radical (unpaired) electrons. The van der Waals surface area contributed by atoms with E-state index >= 15 is 0 Å². The zero-order chi connectivity index (χ0) is 13.0. The van der Waals surface area contributed by atoms with Crippen LogP contribution in [0.25, 0.3) is 0 Å². The average Bonchev–Trinajstić information content (AvgIpc) is 2.41. The van der Waals surface area contributed by atoms with Crippen LogP contribution in [0.4, 0.5) is 4.39 Å². The van der Waals surface area contributed by atoms with E-state index in [1.807, 2.05) is 0 Å². The van der Waals surface area contributed by atoms with E-state index in [0.29, 0.717) is 5.92 Å². The van der Waals surface area contributed by atoms with Crippen molar-refractivity contribution in [1.82, 2.24) is 10.2 Å². The Labute approximate surface area is 121 Å². The van der Waals surface area contributed by atoms with Crippen molar-refractivity contribution in [2.75, 3.05) is 32.9 Å². The zero-order valence-electron chi connectivity index (χ0n) is 11.7. The first-order chi connectivity index (χ1) is 8.72. The maximum absolute atomic E-state index is 13.4. The molecule has 1 aliphatic heterocycles. The summed E-state index contributed by atoms with van der Waals surface area (Å²) < 4.78 is 13.4. The maximum atomic E-state index is 13.4. The third kappa shape index (κ3) is 4.16. The van der Waals surface area contributed by atoms with Crippen molar-refractivity contribution < 1.29 is 4.39 Å².